The fourth-order valence-corrected chi connectivity index (χ4v) is 4.35. The van der Waals surface area contributed by atoms with Crippen LogP contribution in [-0.2, 0) is 22.4 Å². The molecule has 0 fully saturated rings. The smallest absolute Gasteiger partial charge is 0.277 e. The Morgan fingerprint density at radius 3 is 3.04 bits per heavy atom. The van der Waals surface area contributed by atoms with Crippen molar-refractivity contribution >= 4 is 34.9 Å². The number of rotatable bonds is 6. The van der Waals surface area contributed by atoms with E-state index < -0.39 is 0 Å². The Balaban J connectivity index is 1.56. The summed E-state index contributed by atoms with van der Waals surface area (Å²) < 4.78 is 5.66. The van der Waals surface area contributed by atoms with Crippen molar-refractivity contribution in [2.75, 3.05) is 19.3 Å². The molecule has 9 heteroatoms. The standard InChI is InChI=1S/C16H20N4O3S2/c1-9-3-4-11-10(5-9)6-12(25-11)15-19-20-16(23-15)24-8-14(22)18-7-13(21)17-2/h6,9H,3-5,7-8H2,1-2H3,(H,17,21)(H,18,22)/t9-/m1/s1. The van der Waals surface area contributed by atoms with Gasteiger partial charge in [-0.2, -0.15) is 0 Å². The number of likely N-dealkylation sites (N-methyl/N-ethyl adjacent to an activating group) is 1. The highest BCUT2D eigenvalue weighted by Gasteiger charge is 2.21. The van der Waals surface area contributed by atoms with E-state index in [9.17, 15) is 9.59 Å². The van der Waals surface area contributed by atoms with E-state index >= 15 is 0 Å². The minimum atomic E-state index is -0.256. The molecule has 2 aromatic heterocycles. The lowest BCUT2D eigenvalue weighted by atomic mass is 9.90. The zero-order chi connectivity index (χ0) is 17.8. The van der Waals surface area contributed by atoms with Gasteiger partial charge in [-0.25, -0.2) is 0 Å². The van der Waals surface area contributed by atoms with Crippen LogP contribution in [0.25, 0.3) is 10.8 Å². The van der Waals surface area contributed by atoms with E-state index in [-0.39, 0.29) is 24.1 Å². The molecule has 1 atom stereocenters. The summed E-state index contributed by atoms with van der Waals surface area (Å²) in [5.74, 6) is 0.845. The predicted octanol–water partition coefficient (Wildman–Crippen LogP) is 1.88. The van der Waals surface area contributed by atoms with Crippen molar-refractivity contribution in [1.82, 2.24) is 20.8 Å². The Hall–Kier alpha value is -1.87. The van der Waals surface area contributed by atoms with Gasteiger partial charge in [-0.3, -0.25) is 9.59 Å². The number of hydrogen-bond donors (Lipinski definition) is 2. The first-order chi connectivity index (χ1) is 12.0. The van der Waals surface area contributed by atoms with Crippen LogP contribution >= 0.6 is 23.1 Å². The molecule has 2 aromatic rings. The third-order valence-electron chi connectivity index (χ3n) is 4.00. The number of thioether (sulfide) groups is 1. The second-order valence-electron chi connectivity index (χ2n) is 6.02. The highest BCUT2D eigenvalue weighted by atomic mass is 32.2. The number of fused-ring (bicyclic) bond motifs is 1. The molecular formula is C16H20N4O3S2. The van der Waals surface area contributed by atoms with Crippen molar-refractivity contribution in [3.05, 3.63) is 16.5 Å². The van der Waals surface area contributed by atoms with Gasteiger partial charge in [0.1, 0.15) is 0 Å². The summed E-state index contributed by atoms with van der Waals surface area (Å²) in [5, 5.41) is 13.4. The van der Waals surface area contributed by atoms with Crippen LogP contribution in [-0.4, -0.2) is 41.4 Å². The van der Waals surface area contributed by atoms with Crippen molar-refractivity contribution in [3.63, 3.8) is 0 Å². The van der Waals surface area contributed by atoms with E-state index in [4.69, 9.17) is 4.42 Å². The number of nitrogens with one attached hydrogen (secondary N) is 2. The van der Waals surface area contributed by atoms with E-state index in [1.807, 2.05) is 0 Å². The van der Waals surface area contributed by atoms with Crippen molar-refractivity contribution in [3.8, 4) is 10.8 Å². The number of carbonyl (C=O) groups is 2. The summed E-state index contributed by atoms with van der Waals surface area (Å²) in [4.78, 5) is 25.2. The monoisotopic (exact) mass is 380 g/mol. The van der Waals surface area contributed by atoms with Crippen LogP contribution in [0.2, 0.25) is 0 Å². The lowest BCUT2D eigenvalue weighted by molar-refractivity contribution is -0.124. The van der Waals surface area contributed by atoms with Gasteiger partial charge in [-0.05, 0) is 36.8 Å². The molecule has 1 aliphatic carbocycles. The maximum absolute atomic E-state index is 11.7. The predicted molar refractivity (Wildman–Crippen MR) is 96.6 cm³/mol. The molecule has 0 aromatic carbocycles. The van der Waals surface area contributed by atoms with Gasteiger partial charge in [-0.15, -0.1) is 21.5 Å². The second-order valence-corrected chi connectivity index (χ2v) is 8.08. The van der Waals surface area contributed by atoms with Crippen molar-refractivity contribution in [1.29, 1.82) is 0 Å². The van der Waals surface area contributed by atoms with Crippen molar-refractivity contribution in [2.24, 2.45) is 5.92 Å². The molecule has 2 amide bonds. The summed E-state index contributed by atoms with van der Waals surface area (Å²) in [7, 11) is 1.52. The van der Waals surface area contributed by atoms with Crippen LogP contribution in [0.15, 0.2) is 15.7 Å². The topological polar surface area (TPSA) is 97.1 Å². The number of carbonyl (C=O) groups excluding carboxylic acids is 2. The summed E-state index contributed by atoms with van der Waals surface area (Å²) >= 11 is 2.87. The van der Waals surface area contributed by atoms with Gasteiger partial charge >= 0.3 is 0 Å². The van der Waals surface area contributed by atoms with Gasteiger partial charge in [0.25, 0.3) is 11.1 Å². The lowest BCUT2D eigenvalue weighted by Gasteiger charge is -2.16. The molecule has 2 N–H and O–H groups in total. The molecule has 0 saturated carbocycles. The number of nitrogens with zero attached hydrogens (tertiary/aromatic N) is 2. The molecule has 0 aliphatic heterocycles. The van der Waals surface area contributed by atoms with Crippen LogP contribution in [0.3, 0.4) is 0 Å². The first-order valence-corrected chi connectivity index (χ1v) is 9.91. The maximum atomic E-state index is 11.7. The summed E-state index contributed by atoms with van der Waals surface area (Å²) in [6.45, 7) is 2.24. The lowest BCUT2D eigenvalue weighted by Crippen LogP contribution is -2.35. The Kier molecular flexibility index (Phi) is 5.74. The first kappa shape index (κ1) is 17.9. The van der Waals surface area contributed by atoms with Gasteiger partial charge < -0.3 is 15.1 Å². The molecule has 0 radical (unpaired) electrons. The molecule has 0 unspecified atom stereocenters. The third kappa shape index (κ3) is 4.60. The summed E-state index contributed by atoms with van der Waals surface area (Å²) in [6.07, 6.45) is 3.44. The Bertz CT molecular complexity index is 771. The van der Waals surface area contributed by atoms with Gasteiger partial charge in [0, 0.05) is 11.9 Å². The molecule has 1 aliphatic rings. The van der Waals surface area contributed by atoms with Crippen LogP contribution in [0, 0.1) is 5.92 Å². The largest absolute Gasteiger partial charge is 0.410 e. The molecular weight excluding hydrogens is 360 g/mol. The first-order valence-electron chi connectivity index (χ1n) is 8.10. The number of thiophene rings is 1. The third-order valence-corrected chi connectivity index (χ3v) is 6.04. The van der Waals surface area contributed by atoms with E-state index in [0.29, 0.717) is 11.1 Å². The number of hydrogen-bond acceptors (Lipinski definition) is 7. The van der Waals surface area contributed by atoms with Crippen molar-refractivity contribution in [2.45, 2.75) is 31.4 Å². The summed E-state index contributed by atoms with van der Waals surface area (Å²) in [6, 6.07) is 2.15. The quantitative estimate of drug-likeness (QED) is 0.743. The zero-order valence-electron chi connectivity index (χ0n) is 14.1. The zero-order valence-corrected chi connectivity index (χ0v) is 15.8. The Labute approximate surface area is 154 Å². The van der Waals surface area contributed by atoms with Crippen LogP contribution in [0.5, 0.6) is 0 Å². The summed E-state index contributed by atoms with van der Waals surface area (Å²) in [5.41, 5.74) is 1.39. The SMILES string of the molecule is CNC(=O)CNC(=O)CSc1nnc(-c2cc3c(s2)CC[C@@H](C)C3)o1. The molecule has 0 bridgehead atoms. The maximum Gasteiger partial charge on any atom is 0.277 e. The van der Waals surface area contributed by atoms with E-state index in [1.165, 1.54) is 23.9 Å². The number of aromatic nitrogens is 2. The van der Waals surface area contributed by atoms with Gasteiger partial charge in [0.15, 0.2) is 0 Å². The average molecular weight is 380 g/mol. The molecule has 25 heavy (non-hydrogen) atoms. The van der Waals surface area contributed by atoms with E-state index in [2.05, 4.69) is 33.8 Å². The van der Waals surface area contributed by atoms with Gasteiger partial charge in [0.05, 0.1) is 17.2 Å². The minimum absolute atomic E-state index is 0.0376. The molecule has 134 valence electrons. The van der Waals surface area contributed by atoms with Crippen LogP contribution in [0.1, 0.15) is 23.8 Å². The second kappa shape index (κ2) is 8.01. The van der Waals surface area contributed by atoms with Crippen LogP contribution < -0.4 is 10.6 Å². The highest BCUT2D eigenvalue weighted by molar-refractivity contribution is 7.99. The van der Waals surface area contributed by atoms with Gasteiger partial charge in [0.2, 0.25) is 11.8 Å². The van der Waals surface area contributed by atoms with E-state index in [0.717, 1.165) is 35.4 Å². The van der Waals surface area contributed by atoms with E-state index in [1.54, 1.807) is 11.3 Å². The molecule has 3 rings (SSSR count). The Morgan fingerprint density at radius 2 is 2.24 bits per heavy atom. The average Bonchev–Trinajstić information content (AvgIpc) is 3.23. The van der Waals surface area contributed by atoms with Crippen LogP contribution in [0.4, 0.5) is 0 Å². The molecule has 0 spiro atoms. The molecule has 7 nitrogen and oxygen atoms in total. The van der Waals surface area contributed by atoms with Gasteiger partial charge in [-0.1, -0.05) is 18.7 Å². The normalized spacial score (nSPS) is 16.3. The Morgan fingerprint density at radius 1 is 1.40 bits per heavy atom. The fraction of sp³-hybridized carbons (Fsp3) is 0.500. The minimum Gasteiger partial charge on any atom is -0.410 e. The molecule has 0 saturated heterocycles. The highest BCUT2D eigenvalue weighted by Crippen LogP contribution is 2.37. The molecule has 2 heterocycles. The number of aryl methyl sites for hydroxylation is 1. The van der Waals surface area contributed by atoms with Crippen molar-refractivity contribution < 1.29 is 14.0 Å². The fourth-order valence-electron chi connectivity index (χ4n) is 2.62. The number of amides is 2.